The van der Waals surface area contributed by atoms with Crippen molar-refractivity contribution in [3.8, 4) is 11.3 Å². The highest BCUT2D eigenvalue weighted by atomic mass is 32.1. The largest absolute Gasteiger partial charge is 0.459 e. The molecule has 0 spiro atoms. The lowest BCUT2D eigenvalue weighted by molar-refractivity contribution is 0.0995. The molecule has 0 aliphatic carbocycles. The maximum Gasteiger partial charge on any atom is 0.291 e. The predicted octanol–water partition coefficient (Wildman–Crippen LogP) is 5.67. The van der Waals surface area contributed by atoms with E-state index in [-0.39, 0.29) is 17.5 Å². The molecule has 0 bridgehead atoms. The standard InChI is InChI=1S/C22H15FN4O3S2/c1-12-11-16(24-20(28)15-3-2-9-30-15)32-18(12)21(29)26-19-17(13-4-6-14(23)7-5-13)25-22-27(19)8-10-31-22/h2-11H,1H3,(H,24,28)(H,26,29). The van der Waals surface area contributed by atoms with Crippen molar-refractivity contribution < 1.29 is 18.4 Å². The minimum absolute atomic E-state index is 0.185. The molecule has 10 heteroatoms. The number of aromatic nitrogens is 2. The van der Waals surface area contributed by atoms with E-state index in [4.69, 9.17) is 4.42 Å². The Balaban J connectivity index is 1.44. The van der Waals surface area contributed by atoms with Gasteiger partial charge in [0.25, 0.3) is 11.8 Å². The quantitative estimate of drug-likeness (QED) is 0.349. The number of rotatable bonds is 5. The van der Waals surface area contributed by atoms with Crippen LogP contribution < -0.4 is 10.6 Å². The molecular weight excluding hydrogens is 451 g/mol. The van der Waals surface area contributed by atoms with Gasteiger partial charge in [0.2, 0.25) is 0 Å². The van der Waals surface area contributed by atoms with Crippen LogP contribution in [0, 0.1) is 12.7 Å². The molecule has 32 heavy (non-hydrogen) atoms. The van der Waals surface area contributed by atoms with Crippen molar-refractivity contribution >= 4 is 50.3 Å². The number of thiazole rings is 1. The summed E-state index contributed by atoms with van der Waals surface area (Å²) in [7, 11) is 0. The molecular formula is C22H15FN4O3S2. The van der Waals surface area contributed by atoms with Gasteiger partial charge in [0, 0.05) is 17.1 Å². The van der Waals surface area contributed by atoms with Crippen LogP contribution in [0.4, 0.5) is 15.2 Å². The van der Waals surface area contributed by atoms with Crippen LogP contribution in [-0.2, 0) is 0 Å². The summed E-state index contributed by atoms with van der Waals surface area (Å²) >= 11 is 2.59. The lowest BCUT2D eigenvalue weighted by Gasteiger charge is -2.07. The van der Waals surface area contributed by atoms with Crippen LogP contribution in [0.2, 0.25) is 0 Å². The minimum atomic E-state index is -0.391. The molecule has 0 unspecified atom stereocenters. The van der Waals surface area contributed by atoms with Crippen molar-refractivity contribution in [1.82, 2.24) is 9.38 Å². The summed E-state index contributed by atoms with van der Waals surface area (Å²) < 4.78 is 20.3. The minimum Gasteiger partial charge on any atom is -0.459 e. The normalized spacial score (nSPS) is 11.1. The van der Waals surface area contributed by atoms with E-state index in [0.717, 1.165) is 16.9 Å². The number of furan rings is 1. The summed E-state index contributed by atoms with van der Waals surface area (Å²) in [6.45, 7) is 1.80. The third-order valence-corrected chi connectivity index (χ3v) is 6.63. The average Bonchev–Trinajstić information content (AvgIpc) is 3.54. The molecule has 5 rings (SSSR count). The van der Waals surface area contributed by atoms with Crippen LogP contribution in [0.1, 0.15) is 25.8 Å². The molecule has 0 radical (unpaired) electrons. The van der Waals surface area contributed by atoms with Gasteiger partial charge in [0.1, 0.15) is 17.3 Å². The number of fused-ring (bicyclic) bond motifs is 1. The van der Waals surface area contributed by atoms with Crippen LogP contribution in [0.5, 0.6) is 0 Å². The number of thiophene rings is 1. The van der Waals surface area contributed by atoms with Crippen LogP contribution in [-0.4, -0.2) is 21.2 Å². The SMILES string of the molecule is Cc1cc(NC(=O)c2ccco2)sc1C(=O)Nc1c(-c2ccc(F)cc2)nc2sccn12. The first kappa shape index (κ1) is 20.2. The number of hydrogen-bond donors (Lipinski definition) is 2. The Morgan fingerprint density at radius 2 is 1.94 bits per heavy atom. The van der Waals surface area contributed by atoms with E-state index in [2.05, 4.69) is 15.6 Å². The maximum atomic E-state index is 13.4. The zero-order chi connectivity index (χ0) is 22.2. The van der Waals surface area contributed by atoms with E-state index in [9.17, 15) is 14.0 Å². The predicted molar refractivity (Wildman–Crippen MR) is 122 cm³/mol. The van der Waals surface area contributed by atoms with Gasteiger partial charge in [-0.2, -0.15) is 0 Å². The fraction of sp³-hybridized carbons (Fsp3) is 0.0455. The third kappa shape index (κ3) is 3.70. The van der Waals surface area contributed by atoms with Crippen LogP contribution in [0.25, 0.3) is 16.2 Å². The van der Waals surface area contributed by atoms with Crippen LogP contribution >= 0.6 is 22.7 Å². The van der Waals surface area contributed by atoms with Gasteiger partial charge in [-0.3, -0.25) is 14.0 Å². The molecule has 0 atom stereocenters. The summed E-state index contributed by atoms with van der Waals surface area (Å²) in [6.07, 6.45) is 3.23. The third-order valence-electron chi connectivity index (χ3n) is 4.72. The molecule has 2 amide bonds. The monoisotopic (exact) mass is 466 g/mol. The lowest BCUT2D eigenvalue weighted by Crippen LogP contribution is -2.13. The highest BCUT2D eigenvalue weighted by Gasteiger charge is 2.21. The Labute approximate surface area is 189 Å². The van der Waals surface area contributed by atoms with Gasteiger partial charge in [-0.25, -0.2) is 9.37 Å². The van der Waals surface area contributed by atoms with E-state index in [1.54, 1.807) is 41.7 Å². The number of nitrogens with one attached hydrogen (secondary N) is 2. The second-order valence-corrected chi connectivity index (χ2v) is 8.81. The number of imidazole rings is 1. The molecule has 0 fully saturated rings. The summed E-state index contributed by atoms with van der Waals surface area (Å²) in [5.41, 5.74) is 1.95. The number of halogens is 1. The van der Waals surface area contributed by atoms with Gasteiger partial charge in [0.05, 0.1) is 16.1 Å². The number of carbonyl (C=O) groups is 2. The van der Waals surface area contributed by atoms with E-state index in [0.29, 0.717) is 31.9 Å². The fourth-order valence-corrected chi connectivity index (χ4v) is 4.91. The van der Waals surface area contributed by atoms with E-state index in [1.165, 1.54) is 29.7 Å². The average molecular weight is 467 g/mol. The highest BCUT2D eigenvalue weighted by molar-refractivity contribution is 7.18. The van der Waals surface area contributed by atoms with E-state index >= 15 is 0 Å². The Hall–Kier alpha value is -3.76. The van der Waals surface area contributed by atoms with Crippen LogP contribution in [0.3, 0.4) is 0 Å². The molecule has 0 saturated carbocycles. The molecule has 0 aliphatic rings. The van der Waals surface area contributed by atoms with Crippen molar-refractivity contribution in [2.45, 2.75) is 6.92 Å². The fourth-order valence-electron chi connectivity index (χ4n) is 3.23. The number of nitrogens with zero attached hydrogens (tertiary/aromatic N) is 2. The Bertz CT molecular complexity index is 1430. The number of aryl methyl sites for hydroxylation is 1. The van der Waals surface area contributed by atoms with Crippen molar-refractivity contribution in [1.29, 1.82) is 0 Å². The summed E-state index contributed by atoms with van der Waals surface area (Å²) in [5.74, 6) is -0.393. The topological polar surface area (TPSA) is 88.6 Å². The van der Waals surface area contributed by atoms with Gasteiger partial charge in [-0.15, -0.1) is 22.7 Å². The molecule has 160 valence electrons. The first-order valence-electron chi connectivity index (χ1n) is 9.48. The molecule has 7 nitrogen and oxygen atoms in total. The zero-order valence-corrected chi connectivity index (χ0v) is 18.2. The zero-order valence-electron chi connectivity index (χ0n) is 16.6. The van der Waals surface area contributed by atoms with Gasteiger partial charge < -0.3 is 15.1 Å². The summed E-state index contributed by atoms with van der Waals surface area (Å²) in [4.78, 5) is 31.1. The summed E-state index contributed by atoms with van der Waals surface area (Å²) in [5, 5.41) is 8.08. The van der Waals surface area contributed by atoms with Crippen LogP contribution in [0.15, 0.2) is 64.7 Å². The number of benzene rings is 1. The van der Waals surface area contributed by atoms with E-state index < -0.39 is 5.91 Å². The van der Waals surface area contributed by atoms with Gasteiger partial charge >= 0.3 is 0 Å². The Morgan fingerprint density at radius 1 is 1.12 bits per heavy atom. The number of carbonyl (C=O) groups excluding carboxylic acids is 2. The maximum absolute atomic E-state index is 13.4. The molecule has 4 heterocycles. The summed E-state index contributed by atoms with van der Waals surface area (Å²) in [6, 6.07) is 10.9. The molecule has 2 N–H and O–H groups in total. The first-order valence-corrected chi connectivity index (χ1v) is 11.2. The number of hydrogen-bond acceptors (Lipinski definition) is 6. The lowest BCUT2D eigenvalue weighted by atomic mass is 10.1. The molecule has 4 aromatic heterocycles. The Morgan fingerprint density at radius 3 is 2.69 bits per heavy atom. The van der Waals surface area contributed by atoms with Crippen molar-refractivity contribution in [3.05, 3.63) is 82.3 Å². The van der Waals surface area contributed by atoms with Crippen molar-refractivity contribution in [2.24, 2.45) is 0 Å². The Kier molecular flexibility index (Phi) is 5.08. The smallest absolute Gasteiger partial charge is 0.291 e. The van der Waals surface area contributed by atoms with Gasteiger partial charge in [0.15, 0.2) is 10.7 Å². The van der Waals surface area contributed by atoms with Crippen molar-refractivity contribution in [2.75, 3.05) is 10.6 Å². The molecule has 0 saturated heterocycles. The number of anilines is 2. The molecule has 1 aromatic carbocycles. The second kappa shape index (κ2) is 8.06. The molecule has 5 aromatic rings. The number of amides is 2. The van der Waals surface area contributed by atoms with E-state index in [1.807, 2.05) is 11.6 Å². The molecule has 0 aliphatic heterocycles. The van der Waals surface area contributed by atoms with Crippen molar-refractivity contribution in [3.63, 3.8) is 0 Å². The second-order valence-electron chi connectivity index (χ2n) is 6.88. The highest BCUT2D eigenvalue weighted by Crippen LogP contribution is 2.33. The first-order chi connectivity index (χ1) is 15.5. The van der Waals surface area contributed by atoms with Gasteiger partial charge in [-0.05, 0) is 55.0 Å². The van der Waals surface area contributed by atoms with Gasteiger partial charge in [-0.1, -0.05) is 0 Å².